The Bertz CT molecular complexity index is 1150. The average Bonchev–Trinajstić information content (AvgIpc) is 3.19. The molecule has 0 aliphatic carbocycles. The third-order valence-corrected chi connectivity index (χ3v) is 6.58. The number of nitrogens with zero attached hydrogens (tertiary/aromatic N) is 2. The fourth-order valence-electron chi connectivity index (χ4n) is 4.56. The van der Waals surface area contributed by atoms with E-state index in [1.807, 2.05) is 12.1 Å². The number of ketones is 1. The molecule has 2 aliphatic heterocycles. The van der Waals surface area contributed by atoms with Crippen LogP contribution in [0.1, 0.15) is 31.0 Å². The van der Waals surface area contributed by atoms with Gasteiger partial charge in [-0.3, -0.25) is 14.5 Å². The molecule has 2 aromatic carbocycles. The van der Waals surface area contributed by atoms with Crippen LogP contribution in [0.5, 0.6) is 11.5 Å². The van der Waals surface area contributed by atoms with Gasteiger partial charge in [0.1, 0.15) is 23.9 Å². The van der Waals surface area contributed by atoms with Crippen molar-refractivity contribution in [2.45, 2.75) is 19.9 Å². The Balaban J connectivity index is 1.66. The predicted octanol–water partition coefficient (Wildman–Crippen LogP) is 4.04. The van der Waals surface area contributed by atoms with E-state index < -0.39 is 17.7 Å². The molecular weight excluding hydrogens is 484 g/mol. The second-order valence-electron chi connectivity index (χ2n) is 9.84. The maximum absolute atomic E-state index is 13.3. The Morgan fingerprint density at radius 3 is 2.29 bits per heavy atom. The zero-order chi connectivity index (χ0) is 27.1. The molecule has 2 fully saturated rings. The average molecular weight is 521 g/mol. The summed E-state index contributed by atoms with van der Waals surface area (Å²) in [5, 5.41) is 11.3. The van der Waals surface area contributed by atoms with E-state index in [-0.39, 0.29) is 11.3 Å². The highest BCUT2D eigenvalue weighted by Crippen LogP contribution is 2.40. The van der Waals surface area contributed by atoms with Crippen LogP contribution in [0, 0.1) is 5.92 Å². The number of hydrogen-bond donors (Lipinski definition) is 1. The number of rotatable bonds is 11. The summed E-state index contributed by atoms with van der Waals surface area (Å²) in [6.07, 6.45) is 1.66. The van der Waals surface area contributed by atoms with Crippen molar-refractivity contribution in [2.24, 2.45) is 5.92 Å². The van der Waals surface area contributed by atoms with Crippen molar-refractivity contribution in [2.75, 3.05) is 52.6 Å². The van der Waals surface area contributed by atoms with Crippen molar-refractivity contribution in [1.29, 1.82) is 0 Å². The molecule has 1 N–H and O–H groups in total. The number of amides is 1. The summed E-state index contributed by atoms with van der Waals surface area (Å²) in [6.45, 7) is 12.5. The van der Waals surface area contributed by atoms with Gasteiger partial charge in [-0.25, -0.2) is 0 Å². The van der Waals surface area contributed by atoms with Crippen LogP contribution in [0.3, 0.4) is 0 Å². The van der Waals surface area contributed by atoms with E-state index in [0.717, 1.165) is 18.7 Å². The minimum Gasteiger partial charge on any atom is -0.507 e. The molecule has 0 radical (unpaired) electrons. The lowest BCUT2D eigenvalue weighted by atomic mass is 9.95. The molecule has 0 spiro atoms. The molecule has 0 aromatic heterocycles. The molecule has 1 unspecified atom stereocenters. The van der Waals surface area contributed by atoms with Crippen molar-refractivity contribution in [3.63, 3.8) is 0 Å². The fraction of sp³-hybridized carbons (Fsp3) is 0.400. The molecule has 2 heterocycles. The molecule has 2 aromatic rings. The van der Waals surface area contributed by atoms with Crippen molar-refractivity contribution in [1.82, 2.24) is 9.80 Å². The minimum atomic E-state index is -0.721. The molecular formula is C30H36N2O6. The highest BCUT2D eigenvalue weighted by Gasteiger charge is 2.46. The van der Waals surface area contributed by atoms with Crippen LogP contribution in [0.2, 0.25) is 0 Å². The maximum Gasteiger partial charge on any atom is 0.295 e. The number of carbonyl (C=O) groups is 2. The number of ether oxygens (including phenoxy) is 3. The molecule has 8 heteroatoms. The van der Waals surface area contributed by atoms with Gasteiger partial charge < -0.3 is 24.2 Å². The highest BCUT2D eigenvalue weighted by molar-refractivity contribution is 6.46. The Labute approximate surface area is 224 Å². The smallest absolute Gasteiger partial charge is 0.295 e. The van der Waals surface area contributed by atoms with Crippen molar-refractivity contribution in [3.8, 4) is 11.5 Å². The van der Waals surface area contributed by atoms with E-state index in [1.54, 1.807) is 47.4 Å². The van der Waals surface area contributed by atoms with Crippen molar-refractivity contribution in [3.05, 3.63) is 77.9 Å². The second kappa shape index (κ2) is 12.8. The van der Waals surface area contributed by atoms with Gasteiger partial charge in [0.25, 0.3) is 11.7 Å². The lowest BCUT2D eigenvalue weighted by molar-refractivity contribution is -0.140. The summed E-state index contributed by atoms with van der Waals surface area (Å²) in [7, 11) is 0. The summed E-state index contributed by atoms with van der Waals surface area (Å²) in [5.74, 6) is 0.189. The Kier molecular flexibility index (Phi) is 9.20. The predicted molar refractivity (Wildman–Crippen MR) is 145 cm³/mol. The van der Waals surface area contributed by atoms with E-state index in [9.17, 15) is 14.7 Å². The molecule has 0 saturated carbocycles. The topological polar surface area (TPSA) is 88.5 Å². The molecule has 1 amide bonds. The van der Waals surface area contributed by atoms with E-state index >= 15 is 0 Å². The van der Waals surface area contributed by atoms with Crippen molar-refractivity contribution >= 4 is 17.4 Å². The lowest BCUT2D eigenvalue weighted by Gasteiger charge is -2.31. The number of likely N-dealkylation sites (tertiary alicyclic amines) is 1. The normalized spacial score (nSPS) is 19.7. The largest absolute Gasteiger partial charge is 0.507 e. The lowest BCUT2D eigenvalue weighted by Crippen LogP contribution is -2.42. The molecule has 202 valence electrons. The summed E-state index contributed by atoms with van der Waals surface area (Å²) >= 11 is 0. The highest BCUT2D eigenvalue weighted by atomic mass is 16.5. The number of hydrogen-bond acceptors (Lipinski definition) is 7. The first-order valence-electron chi connectivity index (χ1n) is 13.0. The van der Waals surface area contributed by atoms with Crippen LogP contribution in [-0.4, -0.2) is 79.2 Å². The van der Waals surface area contributed by atoms with Crippen LogP contribution < -0.4 is 9.47 Å². The Morgan fingerprint density at radius 1 is 1.03 bits per heavy atom. The van der Waals surface area contributed by atoms with Gasteiger partial charge in [0.05, 0.1) is 31.4 Å². The van der Waals surface area contributed by atoms with Gasteiger partial charge >= 0.3 is 0 Å². The van der Waals surface area contributed by atoms with Gasteiger partial charge in [-0.05, 0) is 47.9 Å². The van der Waals surface area contributed by atoms with E-state index in [0.29, 0.717) is 62.5 Å². The minimum absolute atomic E-state index is 0.0765. The van der Waals surface area contributed by atoms with Gasteiger partial charge in [-0.1, -0.05) is 38.6 Å². The maximum atomic E-state index is 13.3. The number of aliphatic hydroxyl groups is 1. The van der Waals surface area contributed by atoms with Gasteiger partial charge in [0.2, 0.25) is 0 Å². The monoisotopic (exact) mass is 520 g/mol. The third kappa shape index (κ3) is 6.44. The van der Waals surface area contributed by atoms with Gasteiger partial charge in [-0.15, -0.1) is 0 Å². The molecule has 38 heavy (non-hydrogen) atoms. The molecule has 0 bridgehead atoms. The summed E-state index contributed by atoms with van der Waals surface area (Å²) in [4.78, 5) is 30.3. The SMILES string of the molecule is C=CCOc1ccc(C2/C(=C(\O)c3ccc(OCC(C)C)cc3)C(=O)C(=O)N2CCN2CCOCC2)cc1. The van der Waals surface area contributed by atoms with Gasteiger partial charge in [0, 0.05) is 31.7 Å². The standard InChI is InChI=1S/C30H36N2O6/c1-4-17-37-24-9-5-22(6-10-24)27-26(28(33)23-7-11-25(12-8-23)38-20-21(2)3)29(34)30(35)32(27)14-13-31-15-18-36-19-16-31/h4-12,21,27,33H,1,13-20H2,2-3H3/b28-26+. The van der Waals surface area contributed by atoms with Crippen LogP contribution in [0.4, 0.5) is 0 Å². The number of Topliss-reactive ketones (excluding diaryl/α,β-unsaturated/α-hetero) is 1. The zero-order valence-corrected chi connectivity index (χ0v) is 22.1. The molecule has 1 atom stereocenters. The molecule has 4 rings (SSSR count). The number of benzene rings is 2. The number of aliphatic hydroxyl groups excluding tert-OH is 1. The summed E-state index contributed by atoms with van der Waals surface area (Å²) < 4.78 is 16.8. The Hall–Kier alpha value is -3.62. The fourth-order valence-corrected chi connectivity index (χ4v) is 4.56. The summed E-state index contributed by atoms with van der Waals surface area (Å²) in [5.41, 5.74) is 1.24. The molecule has 2 saturated heterocycles. The first kappa shape index (κ1) is 27.4. The molecule has 2 aliphatic rings. The van der Waals surface area contributed by atoms with Crippen LogP contribution >= 0.6 is 0 Å². The van der Waals surface area contributed by atoms with E-state index in [4.69, 9.17) is 14.2 Å². The summed E-state index contributed by atoms with van der Waals surface area (Å²) in [6, 6.07) is 13.4. The van der Waals surface area contributed by atoms with E-state index in [2.05, 4.69) is 25.3 Å². The molecule has 8 nitrogen and oxygen atoms in total. The van der Waals surface area contributed by atoms with Crippen molar-refractivity contribution < 1.29 is 28.9 Å². The quantitative estimate of drug-likeness (QED) is 0.207. The first-order chi connectivity index (χ1) is 18.4. The van der Waals surface area contributed by atoms with Gasteiger partial charge in [-0.2, -0.15) is 0 Å². The van der Waals surface area contributed by atoms with Gasteiger partial charge in [0.15, 0.2) is 0 Å². The first-order valence-corrected chi connectivity index (χ1v) is 13.0. The van der Waals surface area contributed by atoms with Crippen LogP contribution in [0.15, 0.2) is 66.8 Å². The van der Waals surface area contributed by atoms with Crippen LogP contribution in [-0.2, 0) is 14.3 Å². The van der Waals surface area contributed by atoms with E-state index in [1.165, 1.54) is 0 Å². The second-order valence-corrected chi connectivity index (χ2v) is 9.84. The zero-order valence-electron chi connectivity index (χ0n) is 22.1. The number of carbonyl (C=O) groups excluding carboxylic acids is 2. The number of morpholine rings is 1. The van der Waals surface area contributed by atoms with Crippen LogP contribution in [0.25, 0.3) is 5.76 Å². The third-order valence-electron chi connectivity index (χ3n) is 6.58. The Morgan fingerprint density at radius 2 is 1.66 bits per heavy atom.